The van der Waals surface area contributed by atoms with Gasteiger partial charge >= 0.3 is 0 Å². The van der Waals surface area contributed by atoms with Gasteiger partial charge in [-0.05, 0) is 41.6 Å². The van der Waals surface area contributed by atoms with Crippen molar-refractivity contribution in [2.45, 2.75) is 12.5 Å². The van der Waals surface area contributed by atoms with Crippen molar-refractivity contribution in [3.63, 3.8) is 0 Å². The minimum Gasteiger partial charge on any atom is -0.322 e. The van der Waals surface area contributed by atoms with E-state index in [1.165, 1.54) is 12.1 Å². The third kappa shape index (κ3) is 3.12. The average Bonchev–Trinajstić information content (AvgIpc) is 2.45. The van der Waals surface area contributed by atoms with Crippen LogP contribution in [-0.2, 0) is 6.42 Å². The molecule has 3 aromatic rings. The van der Waals surface area contributed by atoms with Gasteiger partial charge in [0, 0.05) is 16.1 Å². The van der Waals surface area contributed by atoms with E-state index in [9.17, 15) is 4.39 Å². The molecule has 1 unspecified atom stereocenters. The van der Waals surface area contributed by atoms with E-state index < -0.39 is 0 Å². The number of fused-ring (bicyclic) bond motifs is 1. The second-order valence-electron chi connectivity index (χ2n) is 5.01. The van der Waals surface area contributed by atoms with E-state index in [0.29, 0.717) is 6.42 Å². The first kappa shape index (κ1) is 14.2. The first-order chi connectivity index (χ1) is 10.1. The van der Waals surface area contributed by atoms with Crippen molar-refractivity contribution in [1.29, 1.82) is 0 Å². The zero-order valence-electron chi connectivity index (χ0n) is 11.3. The molecule has 0 aliphatic heterocycles. The van der Waals surface area contributed by atoms with Crippen molar-refractivity contribution < 1.29 is 4.39 Å². The molecule has 0 fully saturated rings. The molecule has 1 atom stereocenters. The number of hydrogen-bond acceptors (Lipinski definition) is 2. The molecule has 0 aliphatic rings. The van der Waals surface area contributed by atoms with E-state index in [1.54, 1.807) is 6.20 Å². The summed E-state index contributed by atoms with van der Waals surface area (Å²) in [5, 5.41) is 2.15. The van der Waals surface area contributed by atoms with E-state index in [0.717, 1.165) is 26.5 Å². The molecular weight excluding hydrogens is 331 g/mol. The highest BCUT2D eigenvalue weighted by Gasteiger charge is 2.13. The number of aromatic nitrogens is 1. The molecule has 106 valence electrons. The normalized spacial score (nSPS) is 12.5. The van der Waals surface area contributed by atoms with Crippen molar-refractivity contribution in [3.05, 3.63) is 76.3 Å². The Morgan fingerprint density at radius 2 is 1.95 bits per heavy atom. The van der Waals surface area contributed by atoms with Gasteiger partial charge in [-0.1, -0.05) is 40.2 Å². The number of nitrogens with zero attached hydrogens (tertiary/aromatic N) is 1. The van der Waals surface area contributed by atoms with Gasteiger partial charge in [-0.3, -0.25) is 4.98 Å². The molecule has 1 aromatic heterocycles. The Hall–Kier alpha value is -1.78. The van der Waals surface area contributed by atoms with E-state index >= 15 is 0 Å². The lowest BCUT2D eigenvalue weighted by Crippen LogP contribution is -2.15. The minimum absolute atomic E-state index is 0.266. The maximum absolute atomic E-state index is 13.4. The van der Waals surface area contributed by atoms with Crippen molar-refractivity contribution >= 4 is 26.7 Å². The second-order valence-corrected chi connectivity index (χ2v) is 5.92. The Morgan fingerprint density at radius 3 is 2.76 bits per heavy atom. The smallest absolute Gasteiger partial charge is 0.124 e. The molecule has 0 saturated heterocycles. The van der Waals surface area contributed by atoms with Crippen LogP contribution >= 0.6 is 15.9 Å². The van der Waals surface area contributed by atoms with Gasteiger partial charge in [0.05, 0.1) is 11.7 Å². The van der Waals surface area contributed by atoms with Gasteiger partial charge in [0.15, 0.2) is 0 Å². The summed E-state index contributed by atoms with van der Waals surface area (Å²) in [5.74, 6) is -0.266. The Kier molecular flexibility index (Phi) is 3.99. The summed E-state index contributed by atoms with van der Waals surface area (Å²) >= 11 is 3.30. The van der Waals surface area contributed by atoms with Gasteiger partial charge in [-0.15, -0.1) is 0 Å². The summed E-state index contributed by atoms with van der Waals surface area (Å²) in [6, 6.07) is 14.5. The fourth-order valence-electron chi connectivity index (χ4n) is 2.52. The quantitative estimate of drug-likeness (QED) is 0.765. The largest absolute Gasteiger partial charge is 0.322 e. The third-order valence-electron chi connectivity index (χ3n) is 3.43. The molecule has 1 heterocycles. The van der Waals surface area contributed by atoms with E-state index in [2.05, 4.69) is 20.9 Å². The Morgan fingerprint density at radius 1 is 1.14 bits per heavy atom. The van der Waals surface area contributed by atoms with Crippen LogP contribution in [0.15, 0.2) is 59.2 Å². The van der Waals surface area contributed by atoms with E-state index in [1.807, 2.05) is 36.4 Å². The molecule has 0 radical (unpaired) electrons. The number of halogens is 2. The predicted octanol–water partition coefficient (Wildman–Crippen LogP) is 4.38. The summed E-state index contributed by atoms with van der Waals surface area (Å²) < 4.78 is 14.2. The lowest BCUT2D eigenvalue weighted by Gasteiger charge is -2.14. The van der Waals surface area contributed by atoms with Crippen LogP contribution in [-0.4, -0.2) is 4.98 Å². The number of pyridine rings is 1. The van der Waals surface area contributed by atoms with Crippen LogP contribution in [0.3, 0.4) is 0 Å². The summed E-state index contributed by atoms with van der Waals surface area (Å²) in [4.78, 5) is 4.42. The van der Waals surface area contributed by atoms with Crippen molar-refractivity contribution in [2.24, 2.45) is 5.73 Å². The van der Waals surface area contributed by atoms with Crippen molar-refractivity contribution in [1.82, 2.24) is 4.98 Å². The Labute approximate surface area is 130 Å². The molecule has 2 N–H and O–H groups in total. The fraction of sp³-hybridized carbons (Fsp3) is 0.118. The minimum atomic E-state index is -0.273. The molecular formula is C17H14BrFN2. The first-order valence-corrected chi connectivity index (χ1v) is 7.47. The van der Waals surface area contributed by atoms with Crippen LogP contribution in [0, 0.1) is 5.82 Å². The van der Waals surface area contributed by atoms with Crippen LogP contribution in [0.4, 0.5) is 4.39 Å². The van der Waals surface area contributed by atoms with Crippen LogP contribution < -0.4 is 5.73 Å². The van der Waals surface area contributed by atoms with Crippen LogP contribution in [0.1, 0.15) is 17.3 Å². The molecule has 0 bridgehead atoms. The fourth-order valence-corrected chi connectivity index (χ4v) is 3.03. The van der Waals surface area contributed by atoms with Gasteiger partial charge in [0.1, 0.15) is 5.82 Å². The molecule has 0 amide bonds. The summed E-state index contributed by atoms with van der Waals surface area (Å²) in [6.45, 7) is 0. The van der Waals surface area contributed by atoms with Crippen molar-refractivity contribution in [3.8, 4) is 0 Å². The molecule has 21 heavy (non-hydrogen) atoms. The maximum Gasteiger partial charge on any atom is 0.124 e. The Bertz CT molecular complexity index is 763. The standard InChI is InChI=1S/C17H14BrFN2/c18-13-7-11(8-14(19)10-13)9-16(20)17-15-4-2-1-3-12(15)5-6-21-17/h1-8,10,16H,9,20H2. The molecule has 0 aliphatic carbocycles. The molecule has 2 aromatic carbocycles. The third-order valence-corrected chi connectivity index (χ3v) is 3.89. The molecule has 2 nitrogen and oxygen atoms in total. The molecule has 4 heteroatoms. The van der Waals surface area contributed by atoms with Gasteiger partial charge in [0.25, 0.3) is 0 Å². The van der Waals surface area contributed by atoms with Crippen LogP contribution in [0.25, 0.3) is 10.8 Å². The van der Waals surface area contributed by atoms with Gasteiger partial charge in [0.2, 0.25) is 0 Å². The van der Waals surface area contributed by atoms with Crippen molar-refractivity contribution in [2.75, 3.05) is 0 Å². The number of hydrogen-bond donors (Lipinski definition) is 1. The SMILES string of the molecule is NC(Cc1cc(F)cc(Br)c1)c1nccc2ccccc12. The highest BCUT2D eigenvalue weighted by Crippen LogP contribution is 2.24. The van der Waals surface area contributed by atoms with Gasteiger partial charge in [-0.2, -0.15) is 0 Å². The molecule has 3 rings (SSSR count). The molecule has 0 spiro atoms. The van der Waals surface area contributed by atoms with Gasteiger partial charge < -0.3 is 5.73 Å². The summed E-state index contributed by atoms with van der Waals surface area (Å²) in [6.07, 6.45) is 2.30. The maximum atomic E-state index is 13.4. The predicted molar refractivity (Wildman–Crippen MR) is 86.5 cm³/mol. The lowest BCUT2D eigenvalue weighted by atomic mass is 9.99. The number of rotatable bonds is 3. The number of benzene rings is 2. The Balaban J connectivity index is 1.95. The average molecular weight is 345 g/mol. The lowest BCUT2D eigenvalue weighted by molar-refractivity contribution is 0.620. The van der Waals surface area contributed by atoms with E-state index in [-0.39, 0.29) is 11.9 Å². The highest BCUT2D eigenvalue weighted by atomic mass is 79.9. The molecule has 0 saturated carbocycles. The van der Waals surface area contributed by atoms with Crippen LogP contribution in [0.5, 0.6) is 0 Å². The topological polar surface area (TPSA) is 38.9 Å². The van der Waals surface area contributed by atoms with Crippen LogP contribution in [0.2, 0.25) is 0 Å². The van der Waals surface area contributed by atoms with Gasteiger partial charge in [-0.25, -0.2) is 4.39 Å². The zero-order valence-corrected chi connectivity index (χ0v) is 12.8. The monoisotopic (exact) mass is 344 g/mol. The summed E-state index contributed by atoms with van der Waals surface area (Å²) in [5.41, 5.74) is 7.99. The summed E-state index contributed by atoms with van der Waals surface area (Å²) in [7, 11) is 0. The second kappa shape index (κ2) is 5.92. The number of nitrogens with two attached hydrogens (primary N) is 1. The zero-order chi connectivity index (χ0) is 14.8. The highest BCUT2D eigenvalue weighted by molar-refractivity contribution is 9.10. The van der Waals surface area contributed by atoms with E-state index in [4.69, 9.17) is 5.73 Å². The first-order valence-electron chi connectivity index (χ1n) is 6.67.